The minimum Gasteiger partial charge on any atom is -0.451 e. The Kier molecular flexibility index (Phi) is 5.22. The lowest BCUT2D eigenvalue weighted by molar-refractivity contribution is -0.119. The lowest BCUT2D eigenvalue weighted by atomic mass is 10.3. The van der Waals surface area contributed by atoms with Gasteiger partial charge >= 0.3 is 5.97 Å². The topological polar surface area (TPSA) is 55.4 Å². The van der Waals surface area contributed by atoms with Crippen LogP contribution in [-0.4, -0.2) is 18.5 Å². The second-order valence-electron chi connectivity index (χ2n) is 4.16. The van der Waals surface area contributed by atoms with Crippen molar-refractivity contribution in [3.05, 3.63) is 50.1 Å². The zero-order valence-corrected chi connectivity index (χ0v) is 13.3. The van der Waals surface area contributed by atoms with E-state index in [-0.39, 0.29) is 6.61 Å². The summed E-state index contributed by atoms with van der Waals surface area (Å²) >= 11 is 12.9. The third-order valence-electron chi connectivity index (χ3n) is 2.48. The summed E-state index contributed by atoms with van der Waals surface area (Å²) in [6, 6.07) is 8.18. The lowest BCUT2D eigenvalue weighted by Crippen LogP contribution is -2.20. The van der Waals surface area contributed by atoms with Crippen LogP contribution in [-0.2, 0) is 9.53 Å². The number of nitrogens with one attached hydrogen (secondary N) is 1. The first-order chi connectivity index (χ1) is 9.95. The molecule has 0 aliphatic heterocycles. The van der Waals surface area contributed by atoms with Crippen LogP contribution >= 0.6 is 34.5 Å². The van der Waals surface area contributed by atoms with Crippen LogP contribution in [0.5, 0.6) is 0 Å². The summed E-state index contributed by atoms with van der Waals surface area (Å²) in [7, 11) is 0. The highest BCUT2D eigenvalue weighted by molar-refractivity contribution is 7.13. The molecular weight excluding hydrogens is 333 g/mol. The number of carbonyl (C=O) groups excluding carboxylic acids is 2. The Morgan fingerprint density at radius 3 is 2.57 bits per heavy atom. The molecule has 0 spiro atoms. The molecule has 21 heavy (non-hydrogen) atoms. The van der Waals surface area contributed by atoms with E-state index in [0.29, 0.717) is 20.6 Å². The lowest BCUT2D eigenvalue weighted by Gasteiger charge is -2.06. The summed E-state index contributed by atoms with van der Waals surface area (Å²) < 4.78 is 4.93. The van der Waals surface area contributed by atoms with Gasteiger partial charge in [-0.3, -0.25) is 4.79 Å². The number of carbonyl (C=O) groups is 2. The summed E-state index contributed by atoms with van der Waals surface area (Å²) in [6.45, 7) is 1.52. The molecule has 2 rings (SSSR count). The molecule has 0 aliphatic carbocycles. The largest absolute Gasteiger partial charge is 0.451 e. The second-order valence-corrected chi connectivity index (χ2v) is 6.27. The summed E-state index contributed by atoms with van der Waals surface area (Å²) in [6.07, 6.45) is 0. The van der Waals surface area contributed by atoms with Crippen LogP contribution in [0.15, 0.2) is 30.3 Å². The zero-order valence-electron chi connectivity index (χ0n) is 11.0. The Bertz CT molecular complexity index is 685. The molecule has 1 aromatic heterocycles. The van der Waals surface area contributed by atoms with Gasteiger partial charge in [-0.15, -0.1) is 11.3 Å². The van der Waals surface area contributed by atoms with Crippen LogP contribution < -0.4 is 5.32 Å². The number of hydrogen-bond donors (Lipinski definition) is 1. The maximum absolute atomic E-state index is 11.7. The number of benzene rings is 1. The summed E-state index contributed by atoms with van der Waals surface area (Å²) in [4.78, 5) is 24.8. The van der Waals surface area contributed by atoms with Crippen molar-refractivity contribution >= 4 is 52.1 Å². The molecule has 4 nitrogen and oxygen atoms in total. The van der Waals surface area contributed by atoms with Gasteiger partial charge in [0.2, 0.25) is 0 Å². The first-order valence-electron chi connectivity index (χ1n) is 5.94. The fourth-order valence-corrected chi connectivity index (χ4v) is 2.58. The van der Waals surface area contributed by atoms with E-state index in [9.17, 15) is 9.59 Å². The van der Waals surface area contributed by atoms with E-state index in [1.54, 1.807) is 18.2 Å². The fourth-order valence-electron chi connectivity index (χ4n) is 1.52. The zero-order chi connectivity index (χ0) is 15.4. The molecule has 0 bridgehead atoms. The molecule has 110 valence electrons. The molecule has 0 saturated heterocycles. The number of esters is 1. The van der Waals surface area contributed by atoms with Gasteiger partial charge in [0.15, 0.2) is 6.61 Å². The van der Waals surface area contributed by atoms with Gasteiger partial charge in [-0.05, 0) is 37.3 Å². The van der Waals surface area contributed by atoms with Gasteiger partial charge in [0.25, 0.3) is 5.91 Å². The minimum absolute atomic E-state index is 0.334. The number of rotatable bonds is 4. The predicted octanol–water partition coefficient (Wildman–Crippen LogP) is 4.16. The number of anilines is 1. The maximum atomic E-state index is 11.7. The second kappa shape index (κ2) is 6.93. The Hall–Kier alpha value is -1.56. The molecule has 7 heteroatoms. The summed E-state index contributed by atoms with van der Waals surface area (Å²) in [5.41, 5.74) is 0.484. The van der Waals surface area contributed by atoms with E-state index in [2.05, 4.69) is 5.32 Å². The van der Waals surface area contributed by atoms with Crippen molar-refractivity contribution in [3.8, 4) is 0 Å². The number of aryl methyl sites for hydroxylation is 1. The van der Waals surface area contributed by atoms with Crippen LogP contribution in [0.4, 0.5) is 5.69 Å². The highest BCUT2D eigenvalue weighted by Crippen LogP contribution is 2.25. The van der Waals surface area contributed by atoms with Crippen molar-refractivity contribution in [3.63, 3.8) is 0 Å². The van der Waals surface area contributed by atoms with Crippen molar-refractivity contribution in [2.75, 3.05) is 11.9 Å². The number of amides is 1. The van der Waals surface area contributed by atoms with Gasteiger partial charge in [0, 0.05) is 10.6 Å². The molecule has 1 N–H and O–H groups in total. The Balaban J connectivity index is 1.87. The molecule has 1 aromatic carbocycles. The average Bonchev–Trinajstić information content (AvgIpc) is 2.87. The molecule has 2 aromatic rings. The van der Waals surface area contributed by atoms with Crippen LogP contribution in [0.25, 0.3) is 0 Å². The Morgan fingerprint density at radius 2 is 1.95 bits per heavy atom. The van der Waals surface area contributed by atoms with Crippen LogP contribution in [0.2, 0.25) is 10.0 Å². The van der Waals surface area contributed by atoms with E-state index in [0.717, 1.165) is 4.88 Å². The molecule has 1 heterocycles. The SMILES string of the molecule is Cc1ccc(C(=O)OCC(=O)Nc2ccc(Cl)c(Cl)c2)s1. The van der Waals surface area contributed by atoms with Crippen molar-refractivity contribution in [2.24, 2.45) is 0 Å². The van der Waals surface area contributed by atoms with Crippen molar-refractivity contribution in [1.82, 2.24) is 0 Å². The van der Waals surface area contributed by atoms with Gasteiger partial charge in [0.05, 0.1) is 10.0 Å². The van der Waals surface area contributed by atoms with Crippen molar-refractivity contribution < 1.29 is 14.3 Å². The highest BCUT2D eigenvalue weighted by atomic mass is 35.5. The molecular formula is C14H11Cl2NO3S. The van der Waals surface area contributed by atoms with E-state index in [1.807, 2.05) is 13.0 Å². The molecule has 1 amide bonds. The van der Waals surface area contributed by atoms with Gasteiger partial charge in [-0.1, -0.05) is 23.2 Å². The average molecular weight is 344 g/mol. The van der Waals surface area contributed by atoms with Gasteiger partial charge in [-0.2, -0.15) is 0 Å². The van der Waals surface area contributed by atoms with Crippen LogP contribution in [0.3, 0.4) is 0 Å². The third kappa shape index (κ3) is 4.46. The van der Waals surface area contributed by atoms with Gasteiger partial charge in [0.1, 0.15) is 4.88 Å². The molecule has 0 saturated carbocycles. The van der Waals surface area contributed by atoms with Gasteiger partial charge < -0.3 is 10.1 Å². The molecule has 0 radical (unpaired) electrons. The first-order valence-corrected chi connectivity index (χ1v) is 7.51. The smallest absolute Gasteiger partial charge is 0.348 e. The molecule has 0 aliphatic rings. The van der Waals surface area contributed by atoms with E-state index < -0.39 is 11.9 Å². The normalized spacial score (nSPS) is 10.2. The third-order valence-corrected chi connectivity index (χ3v) is 4.20. The molecule has 0 fully saturated rings. The van der Waals surface area contributed by atoms with Crippen molar-refractivity contribution in [2.45, 2.75) is 6.92 Å². The number of thiophene rings is 1. The van der Waals surface area contributed by atoms with Gasteiger partial charge in [-0.25, -0.2) is 4.79 Å². The first kappa shape index (κ1) is 15.8. The molecule has 0 atom stereocenters. The quantitative estimate of drug-likeness (QED) is 0.848. The van der Waals surface area contributed by atoms with E-state index >= 15 is 0 Å². The predicted molar refractivity (Wildman–Crippen MR) is 84.4 cm³/mol. The monoisotopic (exact) mass is 343 g/mol. The highest BCUT2D eigenvalue weighted by Gasteiger charge is 2.12. The van der Waals surface area contributed by atoms with E-state index in [1.165, 1.54) is 17.4 Å². The molecule has 0 unspecified atom stereocenters. The Morgan fingerprint density at radius 1 is 1.19 bits per heavy atom. The standard InChI is InChI=1S/C14H11Cl2NO3S/c1-8-2-5-12(21-8)14(19)20-7-13(18)17-9-3-4-10(15)11(16)6-9/h2-6H,7H2,1H3,(H,17,18). The summed E-state index contributed by atoms with van der Waals surface area (Å²) in [5.74, 6) is -0.965. The number of hydrogen-bond acceptors (Lipinski definition) is 4. The maximum Gasteiger partial charge on any atom is 0.348 e. The van der Waals surface area contributed by atoms with Crippen LogP contribution in [0, 0.1) is 6.92 Å². The summed E-state index contributed by atoms with van der Waals surface area (Å²) in [5, 5.41) is 3.30. The number of halogens is 2. The number of ether oxygens (including phenoxy) is 1. The van der Waals surface area contributed by atoms with Crippen molar-refractivity contribution in [1.29, 1.82) is 0 Å². The fraction of sp³-hybridized carbons (Fsp3) is 0.143. The van der Waals surface area contributed by atoms with E-state index in [4.69, 9.17) is 27.9 Å². The minimum atomic E-state index is -0.516. The van der Waals surface area contributed by atoms with Crippen LogP contribution in [0.1, 0.15) is 14.5 Å². The Labute approximate surface area is 135 Å².